The van der Waals surface area contributed by atoms with Crippen LogP contribution in [0.5, 0.6) is 0 Å². The van der Waals surface area contributed by atoms with Gasteiger partial charge in [-0.15, -0.1) is 0 Å². The van der Waals surface area contributed by atoms with E-state index in [-0.39, 0.29) is 0 Å². The Kier molecular flexibility index (Phi) is 17.0. The van der Waals surface area contributed by atoms with Gasteiger partial charge in [0.15, 0.2) is 0 Å². The maximum Gasteiger partial charge on any atom is 0.0938 e. The largest absolute Gasteiger partial charge is 0.359 e. The number of ether oxygens (including phenoxy) is 1. The van der Waals surface area contributed by atoms with E-state index >= 15 is 0 Å². The zero-order valence-electron chi connectivity index (χ0n) is 27.3. The van der Waals surface area contributed by atoms with Crippen LogP contribution in [0.15, 0.2) is 85.0 Å². The fourth-order valence-electron chi connectivity index (χ4n) is 6.21. The van der Waals surface area contributed by atoms with Crippen molar-refractivity contribution in [3.05, 3.63) is 96.1 Å². The molecule has 0 N–H and O–H groups in total. The van der Waals surface area contributed by atoms with Crippen LogP contribution in [0.25, 0.3) is 0 Å². The van der Waals surface area contributed by atoms with Crippen LogP contribution >= 0.6 is 0 Å². The molecule has 0 aliphatic carbocycles. The predicted molar refractivity (Wildman–Crippen MR) is 182 cm³/mol. The lowest BCUT2D eigenvalue weighted by atomic mass is 9.78. The molecule has 2 unspecified atom stereocenters. The highest BCUT2D eigenvalue weighted by atomic mass is 16.5. The van der Waals surface area contributed by atoms with E-state index in [9.17, 15) is 0 Å². The van der Waals surface area contributed by atoms with E-state index in [4.69, 9.17) is 4.74 Å². The molecule has 228 valence electrons. The van der Waals surface area contributed by atoms with E-state index in [2.05, 4.69) is 102 Å². The van der Waals surface area contributed by atoms with Crippen molar-refractivity contribution < 1.29 is 4.74 Å². The molecule has 2 aromatic carbocycles. The zero-order valence-corrected chi connectivity index (χ0v) is 27.3. The first kappa shape index (κ1) is 35.1. The van der Waals surface area contributed by atoms with E-state index < -0.39 is 11.2 Å². The molecule has 0 spiro atoms. The molecule has 0 amide bonds. The van der Waals surface area contributed by atoms with Gasteiger partial charge >= 0.3 is 0 Å². The highest BCUT2D eigenvalue weighted by Gasteiger charge is 2.43. The molecular formula is C40H62O. The lowest BCUT2D eigenvalue weighted by Crippen LogP contribution is -2.49. The molecule has 0 aliphatic rings. The van der Waals surface area contributed by atoms with Crippen LogP contribution in [0.4, 0.5) is 0 Å². The van der Waals surface area contributed by atoms with Gasteiger partial charge in [0.25, 0.3) is 0 Å². The quantitative estimate of drug-likeness (QED) is 0.0919. The lowest BCUT2D eigenvalue weighted by Gasteiger charge is -2.46. The Bertz CT molecular complexity index is 881. The number of hydrogen-bond acceptors (Lipinski definition) is 1. The molecular weight excluding hydrogens is 496 g/mol. The van der Waals surface area contributed by atoms with Crippen LogP contribution in [-0.4, -0.2) is 11.2 Å². The third kappa shape index (κ3) is 12.7. The van der Waals surface area contributed by atoms with Gasteiger partial charge in [-0.3, -0.25) is 0 Å². The Morgan fingerprint density at radius 1 is 0.512 bits per heavy atom. The summed E-state index contributed by atoms with van der Waals surface area (Å²) in [5.74, 6) is 0. The summed E-state index contributed by atoms with van der Waals surface area (Å²) in [6.07, 6.45) is 21.9. The molecule has 0 saturated carbocycles. The summed E-state index contributed by atoms with van der Waals surface area (Å²) in [7, 11) is 0. The number of rotatable bonds is 24. The molecule has 0 aliphatic heterocycles. The summed E-state index contributed by atoms with van der Waals surface area (Å²) in [5, 5.41) is 0. The zero-order chi connectivity index (χ0) is 29.8. The van der Waals surface area contributed by atoms with Crippen molar-refractivity contribution in [1.29, 1.82) is 0 Å². The Morgan fingerprint density at radius 3 is 1.15 bits per heavy atom. The van der Waals surface area contributed by atoms with Crippen LogP contribution < -0.4 is 0 Å². The third-order valence-corrected chi connectivity index (χ3v) is 8.98. The van der Waals surface area contributed by atoms with Gasteiger partial charge in [-0.25, -0.2) is 0 Å². The second-order valence-electron chi connectivity index (χ2n) is 12.7. The summed E-state index contributed by atoms with van der Waals surface area (Å²) in [5.41, 5.74) is 4.10. The lowest BCUT2D eigenvalue weighted by molar-refractivity contribution is -0.128. The number of hydrogen-bond donors (Lipinski definition) is 0. The molecule has 0 radical (unpaired) electrons. The van der Waals surface area contributed by atoms with Crippen LogP contribution in [0.2, 0.25) is 0 Å². The summed E-state index contributed by atoms with van der Waals surface area (Å²) in [4.78, 5) is 0. The highest BCUT2D eigenvalue weighted by Crippen LogP contribution is 2.42. The van der Waals surface area contributed by atoms with Gasteiger partial charge in [-0.1, -0.05) is 178 Å². The molecule has 2 rings (SSSR count). The average molecular weight is 559 g/mol. The molecule has 0 bridgehead atoms. The van der Waals surface area contributed by atoms with Crippen LogP contribution in [-0.2, 0) is 17.6 Å². The van der Waals surface area contributed by atoms with Crippen LogP contribution in [0, 0.1) is 0 Å². The summed E-state index contributed by atoms with van der Waals surface area (Å²) in [6.45, 7) is 18.2. The first-order chi connectivity index (χ1) is 19.9. The Balaban J connectivity index is 2.34. The van der Waals surface area contributed by atoms with E-state index in [0.717, 1.165) is 36.8 Å². The maximum atomic E-state index is 7.65. The van der Waals surface area contributed by atoms with Gasteiger partial charge in [-0.2, -0.15) is 0 Å². The minimum atomic E-state index is -0.417. The molecule has 41 heavy (non-hydrogen) atoms. The normalized spacial score (nSPS) is 14.3. The summed E-state index contributed by atoms with van der Waals surface area (Å²) < 4.78 is 7.65. The molecule has 0 saturated heterocycles. The monoisotopic (exact) mass is 558 g/mol. The van der Waals surface area contributed by atoms with Crippen molar-refractivity contribution >= 4 is 0 Å². The van der Waals surface area contributed by atoms with Gasteiger partial charge in [0.05, 0.1) is 11.2 Å². The minimum absolute atomic E-state index is 0.417. The molecule has 0 heterocycles. The van der Waals surface area contributed by atoms with Gasteiger partial charge in [0, 0.05) is 12.8 Å². The first-order valence-corrected chi connectivity index (χ1v) is 17.0. The fourth-order valence-corrected chi connectivity index (χ4v) is 6.21. The Morgan fingerprint density at radius 2 is 0.829 bits per heavy atom. The summed E-state index contributed by atoms with van der Waals surface area (Å²) in [6, 6.07) is 21.8. The van der Waals surface area contributed by atoms with Crippen molar-refractivity contribution in [3.8, 4) is 0 Å². The highest BCUT2D eigenvalue weighted by molar-refractivity contribution is 5.27. The van der Waals surface area contributed by atoms with Crippen molar-refractivity contribution in [2.75, 3.05) is 0 Å². The van der Waals surface area contributed by atoms with Crippen molar-refractivity contribution in [2.45, 2.75) is 154 Å². The first-order valence-electron chi connectivity index (χ1n) is 17.0. The van der Waals surface area contributed by atoms with Gasteiger partial charge < -0.3 is 4.74 Å². The average Bonchev–Trinajstić information content (AvgIpc) is 2.97. The second kappa shape index (κ2) is 19.9. The SMILES string of the molecule is C=C(C)C(CCCCCCCCC)(Cc1ccccc1)OC(CCCCCCCCC)(Cc1ccccc1)C(=C)C. The van der Waals surface area contributed by atoms with Gasteiger partial charge in [-0.05, 0) is 49.0 Å². The molecule has 1 nitrogen and oxygen atoms in total. The number of unbranched alkanes of at least 4 members (excludes halogenated alkanes) is 12. The van der Waals surface area contributed by atoms with Crippen molar-refractivity contribution in [3.63, 3.8) is 0 Å². The van der Waals surface area contributed by atoms with Gasteiger partial charge in [0.1, 0.15) is 0 Å². The summed E-state index contributed by atoms with van der Waals surface area (Å²) >= 11 is 0. The Hall–Kier alpha value is -2.12. The fraction of sp³-hybridized carbons (Fsp3) is 0.600. The molecule has 0 fully saturated rings. The Labute approximate surface area is 254 Å². The maximum absolute atomic E-state index is 7.65. The molecule has 0 aromatic heterocycles. The third-order valence-electron chi connectivity index (χ3n) is 8.98. The second-order valence-corrected chi connectivity index (χ2v) is 12.7. The molecule has 2 atom stereocenters. The van der Waals surface area contributed by atoms with E-state index in [1.54, 1.807) is 0 Å². The number of benzene rings is 2. The van der Waals surface area contributed by atoms with E-state index in [1.807, 2.05) is 0 Å². The topological polar surface area (TPSA) is 9.23 Å². The van der Waals surface area contributed by atoms with Crippen LogP contribution in [0.3, 0.4) is 0 Å². The van der Waals surface area contributed by atoms with E-state index in [1.165, 1.54) is 101 Å². The molecule has 2 aromatic rings. The van der Waals surface area contributed by atoms with Crippen molar-refractivity contribution in [1.82, 2.24) is 0 Å². The van der Waals surface area contributed by atoms with Crippen LogP contribution in [0.1, 0.15) is 142 Å². The van der Waals surface area contributed by atoms with E-state index in [0.29, 0.717) is 0 Å². The van der Waals surface area contributed by atoms with Crippen molar-refractivity contribution in [2.24, 2.45) is 0 Å². The standard InChI is InChI=1S/C40H62O/c1-7-9-11-13-15-17-25-31-39(35(3)4,33-37-27-21-19-22-28-37)41-40(36(5)6,34-38-29-23-20-24-30-38)32-26-18-16-14-12-10-8-2/h19-24,27-30H,3,5,7-18,25-26,31-34H2,1-2,4,6H3. The minimum Gasteiger partial charge on any atom is -0.359 e. The smallest absolute Gasteiger partial charge is 0.0938 e. The van der Waals surface area contributed by atoms with Gasteiger partial charge in [0.2, 0.25) is 0 Å². The predicted octanol–water partition coefficient (Wildman–Crippen LogP) is 12.4. The molecule has 1 heteroatoms.